The molecule has 0 saturated heterocycles. The van der Waals surface area contributed by atoms with Crippen molar-refractivity contribution in [3.8, 4) is 5.75 Å². The monoisotopic (exact) mass is 177 g/mol. The molecule has 3 heteroatoms. The van der Waals surface area contributed by atoms with Gasteiger partial charge in [-0.2, -0.15) is 0 Å². The van der Waals surface area contributed by atoms with E-state index < -0.39 is 0 Å². The summed E-state index contributed by atoms with van der Waals surface area (Å²) in [5.74, 6) is 0.235. The normalized spacial score (nSPS) is 14.9. The van der Waals surface area contributed by atoms with Gasteiger partial charge in [0.1, 0.15) is 5.75 Å². The number of carbonyl (C=O) groups excluding carboxylic acids is 1. The van der Waals surface area contributed by atoms with E-state index in [1.165, 1.54) is 4.90 Å². The number of amides is 1. The highest BCUT2D eigenvalue weighted by Gasteiger charge is 2.26. The minimum Gasteiger partial charge on any atom is -0.506 e. The van der Waals surface area contributed by atoms with Gasteiger partial charge < -0.3 is 10.0 Å². The quantitative estimate of drug-likeness (QED) is 0.647. The van der Waals surface area contributed by atoms with Crippen LogP contribution in [-0.4, -0.2) is 18.1 Å². The first-order valence-corrected chi connectivity index (χ1v) is 4.18. The molecule has 0 unspecified atom stereocenters. The number of phenols is 1. The molecule has 68 valence electrons. The summed E-state index contributed by atoms with van der Waals surface area (Å²) in [7, 11) is 1.68. The van der Waals surface area contributed by atoms with Gasteiger partial charge in [-0.25, -0.2) is 0 Å². The van der Waals surface area contributed by atoms with E-state index in [0.29, 0.717) is 12.1 Å². The Bertz CT molecular complexity index is 385. The van der Waals surface area contributed by atoms with Gasteiger partial charge in [0, 0.05) is 7.05 Å². The number of aromatic hydroxyl groups is 1. The third-order valence-corrected chi connectivity index (χ3v) is 2.36. The zero-order valence-electron chi connectivity index (χ0n) is 7.66. The SMILES string of the molecule is Cc1cc(O)c2c(c1)CC(=O)N2C. The molecule has 0 bridgehead atoms. The second-order valence-electron chi connectivity index (χ2n) is 3.42. The largest absolute Gasteiger partial charge is 0.506 e. The number of carbonyl (C=O) groups is 1. The van der Waals surface area contributed by atoms with E-state index in [4.69, 9.17) is 0 Å². The van der Waals surface area contributed by atoms with Gasteiger partial charge in [-0.15, -0.1) is 0 Å². The molecule has 1 aromatic rings. The molecule has 1 heterocycles. The van der Waals surface area contributed by atoms with E-state index in [0.717, 1.165) is 11.1 Å². The molecule has 0 aliphatic carbocycles. The maximum absolute atomic E-state index is 11.3. The summed E-state index contributed by atoms with van der Waals surface area (Å²) in [6.07, 6.45) is 0.404. The van der Waals surface area contributed by atoms with Gasteiger partial charge in [0.2, 0.25) is 5.91 Å². The first-order valence-electron chi connectivity index (χ1n) is 4.18. The Morgan fingerprint density at radius 3 is 2.85 bits per heavy atom. The Morgan fingerprint density at radius 2 is 2.15 bits per heavy atom. The van der Waals surface area contributed by atoms with Crippen LogP contribution in [-0.2, 0) is 11.2 Å². The van der Waals surface area contributed by atoms with E-state index in [1.807, 2.05) is 13.0 Å². The van der Waals surface area contributed by atoms with Crippen LogP contribution in [0.3, 0.4) is 0 Å². The van der Waals surface area contributed by atoms with Crippen molar-refractivity contribution in [2.45, 2.75) is 13.3 Å². The third-order valence-electron chi connectivity index (χ3n) is 2.36. The number of rotatable bonds is 0. The lowest BCUT2D eigenvalue weighted by Crippen LogP contribution is -2.20. The number of anilines is 1. The molecule has 1 aromatic carbocycles. The van der Waals surface area contributed by atoms with E-state index in [2.05, 4.69) is 0 Å². The molecule has 1 aliphatic heterocycles. The molecule has 1 aliphatic rings. The Balaban J connectivity index is 2.64. The molecule has 0 radical (unpaired) electrons. The van der Waals surface area contributed by atoms with Gasteiger partial charge in [0.05, 0.1) is 12.1 Å². The molecule has 0 atom stereocenters. The minimum absolute atomic E-state index is 0.0379. The zero-order chi connectivity index (χ0) is 9.59. The number of hydrogen-bond acceptors (Lipinski definition) is 2. The fourth-order valence-electron chi connectivity index (χ4n) is 1.76. The van der Waals surface area contributed by atoms with Crippen LogP contribution in [0.1, 0.15) is 11.1 Å². The average Bonchev–Trinajstić information content (AvgIpc) is 2.27. The van der Waals surface area contributed by atoms with Crippen LogP contribution in [0.4, 0.5) is 5.69 Å². The average molecular weight is 177 g/mol. The standard InChI is InChI=1S/C10H11NO2/c1-6-3-7-5-9(13)11(2)10(7)8(12)4-6/h3-4,12H,5H2,1-2H3. The Kier molecular flexibility index (Phi) is 1.55. The molecule has 0 aromatic heterocycles. The molecular weight excluding hydrogens is 166 g/mol. The number of benzene rings is 1. The van der Waals surface area contributed by atoms with E-state index in [1.54, 1.807) is 13.1 Å². The smallest absolute Gasteiger partial charge is 0.231 e. The molecule has 0 saturated carbocycles. The van der Waals surface area contributed by atoms with Crippen LogP contribution in [0, 0.1) is 6.92 Å². The number of likely N-dealkylation sites (N-methyl/N-ethyl adjacent to an activating group) is 1. The molecule has 0 spiro atoms. The van der Waals surface area contributed by atoms with Crippen LogP contribution in [0.5, 0.6) is 5.75 Å². The predicted molar refractivity (Wildman–Crippen MR) is 50.0 cm³/mol. The van der Waals surface area contributed by atoms with Crippen molar-refractivity contribution in [2.75, 3.05) is 11.9 Å². The summed E-state index contributed by atoms with van der Waals surface area (Å²) in [5.41, 5.74) is 2.57. The highest BCUT2D eigenvalue weighted by atomic mass is 16.3. The lowest BCUT2D eigenvalue weighted by molar-refractivity contribution is -0.117. The van der Waals surface area contributed by atoms with Crippen molar-refractivity contribution in [1.82, 2.24) is 0 Å². The number of nitrogens with zero attached hydrogens (tertiary/aromatic N) is 1. The number of hydrogen-bond donors (Lipinski definition) is 1. The maximum Gasteiger partial charge on any atom is 0.231 e. The third kappa shape index (κ3) is 1.08. The van der Waals surface area contributed by atoms with Crippen LogP contribution < -0.4 is 4.90 Å². The highest BCUT2D eigenvalue weighted by Crippen LogP contribution is 2.36. The van der Waals surface area contributed by atoms with Crippen molar-refractivity contribution >= 4 is 11.6 Å². The molecule has 1 N–H and O–H groups in total. The van der Waals surface area contributed by atoms with Gasteiger partial charge >= 0.3 is 0 Å². The molecule has 2 rings (SSSR count). The van der Waals surface area contributed by atoms with Crippen LogP contribution in [0.25, 0.3) is 0 Å². The van der Waals surface area contributed by atoms with Gasteiger partial charge in [0.15, 0.2) is 0 Å². The molecule has 13 heavy (non-hydrogen) atoms. The Labute approximate surface area is 76.6 Å². The minimum atomic E-state index is 0.0379. The van der Waals surface area contributed by atoms with E-state index in [-0.39, 0.29) is 11.7 Å². The summed E-state index contributed by atoms with van der Waals surface area (Å²) in [6, 6.07) is 3.62. The van der Waals surface area contributed by atoms with Crippen molar-refractivity contribution in [3.05, 3.63) is 23.3 Å². The molecule has 1 amide bonds. The second kappa shape index (κ2) is 2.49. The van der Waals surface area contributed by atoms with Crippen molar-refractivity contribution in [1.29, 1.82) is 0 Å². The number of aryl methyl sites for hydroxylation is 1. The number of fused-ring (bicyclic) bond motifs is 1. The van der Waals surface area contributed by atoms with Crippen LogP contribution >= 0.6 is 0 Å². The Hall–Kier alpha value is -1.51. The first kappa shape index (κ1) is 8.10. The Morgan fingerprint density at radius 1 is 1.46 bits per heavy atom. The lowest BCUT2D eigenvalue weighted by atomic mass is 10.1. The van der Waals surface area contributed by atoms with Gasteiger partial charge in [-0.1, -0.05) is 6.07 Å². The summed E-state index contributed by atoms with van der Waals surface area (Å²) in [4.78, 5) is 12.8. The van der Waals surface area contributed by atoms with Crippen LogP contribution in [0.2, 0.25) is 0 Å². The molecule has 0 fully saturated rings. The zero-order valence-corrected chi connectivity index (χ0v) is 7.66. The van der Waals surface area contributed by atoms with Crippen molar-refractivity contribution in [3.63, 3.8) is 0 Å². The van der Waals surface area contributed by atoms with Gasteiger partial charge in [-0.05, 0) is 24.1 Å². The summed E-state index contributed by atoms with van der Waals surface area (Å²) >= 11 is 0. The topological polar surface area (TPSA) is 40.5 Å². The van der Waals surface area contributed by atoms with E-state index in [9.17, 15) is 9.90 Å². The highest BCUT2D eigenvalue weighted by molar-refractivity contribution is 6.02. The maximum atomic E-state index is 11.3. The fraction of sp³-hybridized carbons (Fsp3) is 0.300. The van der Waals surface area contributed by atoms with Crippen molar-refractivity contribution < 1.29 is 9.90 Å². The van der Waals surface area contributed by atoms with Gasteiger partial charge in [0.25, 0.3) is 0 Å². The fourth-order valence-corrected chi connectivity index (χ4v) is 1.76. The molecule has 3 nitrogen and oxygen atoms in total. The molecular formula is C10H11NO2. The number of phenolic OH excluding ortho intramolecular Hbond substituents is 1. The van der Waals surface area contributed by atoms with Crippen LogP contribution in [0.15, 0.2) is 12.1 Å². The van der Waals surface area contributed by atoms with Crippen molar-refractivity contribution in [2.24, 2.45) is 0 Å². The summed E-state index contributed by atoms with van der Waals surface area (Å²) in [5, 5.41) is 9.61. The summed E-state index contributed by atoms with van der Waals surface area (Å²) < 4.78 is 0. The predicted octanol–water partition coefficient (Wildman–Crippen LogP) is 1.22. The lowest BCUT2D eigenvalue weighted by Gasteiger charge is -2.11. The second-order valence-corrected chi connectivity index (χ2v) is 3.42. The first-order chi connectivity index (χ1) is 6.09. The van der Waals surface area contributed by atoms with E-state index >= 15 is 0 Å². The van der Waals surface area contributed by atoms with Gasteiger partial charge in [-0.3, -0.25) is 4.79 Å². The summed E-state index contributed by atoms with van der Waals surface area (Å²) in [6.45, 7) is 1.91.